The first-order valence-electron chi connectivity index (χ1n) is 8.59. The second kappa shape index (κ2) is 9.15. The number of halogens is 3. The number of rotatable bonds is 7. The predicted octanol–water partition coefficient (Wildman–Crippen LogP) is 0.485. The Hall–Kier alpha value is -2.47. The summed E-state index contributed by atoms with van der Waals surface area (Å²) in [6.45, 7) is -0.195. The molecule has 0 bridgehead atoms. The van der Waals surface area contributed by atoms with Crippen LogP contribution in [0.25, 0.3) is 0 Å². The van der Waals surface area contributed by atoms with Crippen LogP contribution in [0.4, 0.5) is 19.0 Å². The van der Waals surface area contributed by atoms with E-state index in [1.54, 1.807) is 0 Å². The Morgan fingerprint density at radius 2 is 1.86 bits per heavy atom. The van der Waals surface area contributed by atoms with Crippen LogP contribution in [0.5, 0.6) is 0 Å². The molecule has 1 aliphatic heterocycles. The molecule has 1 fully saturated rings. The number of likely N-dealkylation sites (tertiary alicyclic amines) is 1. The quantitative estimate of drug-likeness (QED) is 0.480. The minimum atomic E-state index is -4.69. The molecule has 28 heavy (non-hydrogen) atoms. The third-order valence-electron chi connectivity index (χ3n) is 4.27. The first-order valence-corrected chi connectivity index (χ1v) is 8.59. The maximum absolute atomic E-state index is 12.7. The van der Waals surface area contributed by atoms with Gasteiger partial charge in [-0.1, -0.05) is 0 Å². The molecule has 4 N–H and O–H groups in total. The molecule has 0 unspecified atom stereocenters. The van der Waals surface area contributed by atoms with Gasteiger partial charge in [0.15, 0.2) is 5.69 Å². The van der Waals surface area contributed by atoms with Gasteiger partial charge in [0.2, 0.25) is 5.91 Å². The van der Waals surface area contributed by atoms with Gasteiger partial charge in [0.25, 0.3) is 0 Å². The van der Waals surface area contributed by atoms with Crippen molar-refractivity contribution in [2.75, 3.05) is 18.4 Å². The molecule has 1 aromatic rings. The molecule has 156 valence electrons. The molecule has 0 aromatic carbocycles. The average molecular weight is 406 g/mol. The lowest BCUT2D eigenvalue weighted by molar-refractivity contribution is -0.141. The third kappa shape index (κ3) is 6.02. The number of amides is 1. The fraction of sp³-hybridized carbons (Fsp3) is 0.625. The summed E-state index contributed by atoms with van der Waals surface area (Å²) in [5.74, 6) is -1.56. The Kier molecular flexibility index (Phi) is 7.13. The summed E-state index contributed by atoms with van der Waals surface area (Å²) < 4.78 is 38.2. The summed E-state index contributed by atoms with van der Waals surface area (Å²) >= 11 is 0. The number of unbranched alkanes of at least 4 members (excludes halogenated alkanes) is 1. The highest BCUT2D eigenvalue weighted by Gasteiger charge is 2.37. The number of aliphatic hydroxyl groups is 2. The second-order valence-corrected chi connectivity index (χ2v) is 6.50. The van der Waals surface area contributed by atoms with E-state index in [9.17, 15) is 33.0 Å². The molecule has 2 rings (SSSR count). The van der Waals surface area contributed by atoms with Gasteiger partial charge in [-0.2, -0.15) is 13.2 Å². The van der Waals surface area contributed by atoms with Crippen molar-refractivity contribution in [3.63, 3.8) is 0 Å². The number of anilines is 1. The molecule has 12 heteroatoms. The van der Waals surface area contributed by atoms with E-state index in [0.717, 1.165) is 6.20 Å². The van der Waals surface area contributed by atoms with Gasteiger partial charge in [-0.15, -0.1) is 0 Å². The Bertz CT molecular complexity index is 703. The number of carboxylic acids is 1. The molecule has 1 aliphatic rings. The van der Waals surface area contributed by atoms with Crippen LogP contribution in [0.15, 0.2) is 12.4 Å². The Balaban J connectivity index is 2.00. The SMILES string of the molecule is O=C(O)CCCCC(=O)N1C[C@H](Nc2cncc(C(F)(F)F)n2)[C@@H](O)[C@@H](O)C1. The minimum absolute atomic E-state index is 0.0616. The normalized spacial score (nSPS) is 22.8. The van der Waals surface area contributed by atoms with E-state index in [2.05, 4.69) is 15.3 Å². The maximum atomic E-state index is 12.7. The number of nitrogens with one attached hydrogen (secondary N) is 1. The van der Waals surface area contributed by atoms with Gasteiger partial charge in [-0.25, -0.2) is 4.98 Å². The number of aliphatic carboxylic acids is 1. The number of carboxylic acid groups (broad SMARTS) is 1. The van der Waals surface area contributed by atoms with Gasteiger partial charge in [0.05, 0.1) is 24.5 Å². The minimum Gasteiger partial charge on any atom is -0.481 e. The number of aliphatic hydroxyl groups excluding tert-OH is 2. The lowest BCUT2D eigenvalue weighted by Crippen LogP contribution is -2.59. The van der Waals surface area contributed by atoms with Crippen molar-refractivity contribution >= 4 is 17.7 Å². The first-order chi connectivity index (χ1) is 13.1. The van der Waals surface area contributed by atoms with Crippen LogP contribution >= 0.6 is 0 Å². The molecule has 0 aliphatic carbocycles. The lowest BCUT2D eigenvalue weighted by Gasteiger charge is -2.39. The Morgan fingerprint density at radius 3 is 2.50 bits per heavy atom. The fourth-order valence-electron chi connectivity index (χ4n) is 2.83. The molecule has 1 saturated heterocycles. The lowest BCUT2D eigenvalue weighted by atomic mass is 9.98. The van der Waals surface area contributed by atoms with Crippen LogP contribution in [0, 0.1) is 0 Å². The summed E-state index contributed by atoms with van der Waals surface area (Å²) in [6.07, 6.45) is -5.04. The van der Waals surface area contributed by atoms with Crippen molar-refractivity contribution in [3.8, 4) is 0 Å². The van der Waals surface area contributed by atoms with Gasteiger partial charge in [0, 0.05) is 25.9 Å². The fourth-order valence-corrected chi connectivity index (χ4v) is 2.83. The topological polar surface area (TPSA) is 136 Å². The van der Waals surface area contributed by atoms with Gasteiger partial charge >= 0.3 is 12.1 Å². The highest BCUT2D eigenvalue weighted by Crippen LogP contribution is 2.28. The van der Waals surface area contributed by atoms with E-state index in [-0.39, 0.29) is 37.7 Å². The van der Waals surface area contributed by atoms with Gasteiger partial charge in [-0.3, -0.25) is 14.6 Å². The zero-order chi connectivity index (χ0) is 20.9. The van der Waals surface area contributed by atoms with E-state index >= 15 is 0 Å². The number of carbonyl (C=O) groups excluding carboxylic acids is 1. The summed E-state index contributed by atoms with van der Waals surface area (Å²) in [4.78, 5) is 30.9. The molecule has 1 aromatic heterocycles. The van der Waals surface area contributed by atoms with Crippen molar-refractivity contribution in [2.24, 2.45) is 0 Å². The molecule has 9 nitrogen and oxygen atoms in total. The number of carbonyl (C=O) groups is 2. The number of aromatic nitrogens is 2. The van der Waals surface area contributed by atoms with Crippen LogP contribution in [-0.2, 0) is 15.8 Å². The van der Waals surface area contributed by atoms with Crippen LogP contribution in [0.3, 0.4) is 0 Å². The predicted molar refractivity (Wildman–Crippen MR) is 89.1 cm³/mol. The number of alkyl halides is 3. The van der Waals surface area contributed by atoms with E-state index in [1.807, 2.05) is 0 Å². The standard InChI is InChI=1S/C16H21F3N4O5/c17-16(18,19)11-5-20-6-12(22-11)21-9-7-23(8-10(24)15(9)28)13(25)3-1-2-4-14(26)27/h5-6,9-10,15,24,28H,1-4,7-8H2,(H,21,22)(H,26,27)/t9-,10-,15+/m0/s1. The van der Waals surface area contributed by atoms with Crippen molar-refractivity contribution in [1.29, 1.82) is 0 Å². The van der Waals surface area contributed by atoms with Crippen LogP contribution in [0.1, 0.15) is 31.4 Å². The van der Waals surface area contributed by atoms with Crippen molar-refractivity contribution in [2.45, 2.75) is 50.1 Å². The van der Waals surface area contributed by atoms with E-state index in [1.165, 1.54) is 4.90 Å². The first kappa shape index (κ1) is 21.8. The van der Waals surface area contributed by atoms with Crippen LogP contribution < -0.4 is 5.32 Å². The Morgan fingerprint density at radius 1 is 1.18 bits per heavy atom. The van der Waals surface area contributed by atoms with Crippen molar-refractivity contribution in [3.05, 3.63) is 18.1 Å². The van der Waals surface area contributed by atoms with E-state index < -0.39 is 36.1 Å². The maximum Gasteiger partial charge on any atom is 0.434 e. The molecular formula is C16H21F3N4O5. The second-order valence-electron chi connectivity index (χ2n) is 6.50. The molecule has 0 spiro atoms. The number of hydrogen-bond acceptors (Lipinski definition) is 7. The summed E-state index contributed by atoms with van der Waals surface area (Å²) in [6, 6.07) is -0.954. The highest BCUT2D eigenvalue weighted by atomic mass is 19.4. The zero-order valence-corrected chi connectivity index (χ0v) is 14.8. The molecular weight excluding hydrogens is 385 g/mol. The molecule has 2 heterocycles. The number of β-amino-alcohol motifs (C(OH)–C–C–N with tert-alkyl or cyclic N) is 1. The van der Waals surface area contributed by atoms with Crippen molar-refractivity contribution < 1.29 is 38.1 Å². The van der Waals surface area contributed by atoms with Crippen LogP contribution in [0.2, 0.25) is 0 Å². The smallest absolute Gasteiger partial charge is 0.434 e. The van der Waals surface area contributed by atoms with Gasteiger partial charge in [0.1, 0.15) is 11.9 Å². The van der Waals surface area contributed by atoms with E-state index in [0.29, 0.717) is 19.0 Å². The average Bonchev–Trinajstić information content (AvgIpc) is 2.61. The summed E-state index contributed by atoms with van der Waals surface area (Å²) in [5, 5.41) is 31.3. The van der Waals surface area contributed by atoms with E-state index in [4.69, 9.17) is 5.11 Å². The molecule has 3 atom stereocenters. The largest absolute Gasteiger partial charge is 0.481 e. The highest BCUT2D eigenvalue weighted by molar-refractivity contribution is 5.76. The molecule has 1 amide bonds. The number of hydrogen-bond donors (Lipinski definition) is 4. The summed E-state index contributed by atoms with van der Waals surface area (Å²) in [7, 11) is 0. The zero-order valence-electron chi connectivity index (χ0n) is 14.8. The molecule has 0 radical (unpaired) electrons. The summed E-state index contributed by atoms with van der Waals surface area (Å²) in [5.41, 5.74) is -1.21. The third-order valence-corrected chi connectivity index (χ3v) is 4.27. The monoisotopic (exact) mass is 406 g/mol. The number of piperidine rings is 1. The Labute approximate surface area is 158 Å². The number of nitrogens with zero attached hydrogens (tertiary/aromatic N) is 3. The molecule has 0 saturated carbocycles. The van der Waals surface area contributed by atoms with Crippen molar-refractivity contribution in [1.82, 2.24) is 14.9 Å². The van der Waals surface area contributed by atoms with Gasteiger partial charge in [-0.05, 0) is 12.8 Å². The van der Waals surface area contributed by atoms with Crippen LogP contribution in [-0.4, -0.2) is 73.4 Å². The van der Waals surface area contributed by atoms with Gasteiger partial charge < -0.3 is 25.5 Å².